The molecule has 1 aromatic rings. The van der Waals surface area contributed by atoms with Crippen LogP contribution in [0.4, 0.5) is 0 Å². The fourth-order valence-corrected chi connectivity index (χ4v) is 3.57. The number of aromatic nitrogens is 1. The Kier molecular flexibility index (Phi) is 4.20. The number of nitrogens with two attached hydrogens (primary N) is 1. The summed E-state index contributed by atoms with van der Waals surface area (Å²) in [5.74, 6) is -0.446. The second-order valence-electron chi connectivity index (χ2n) is 3.79. The highest BCUT2D eigenvalue weighted by Crippen LogP contribution is 2.23. The van der Waals surface area contributed by atoms with Crippen molar-refractivity contribution in [3.63, 3.8) is 0 Å². The SMILES string of the molecule is NCCc1nc(C(=O)N2CSCC2C(=O)O)cs1. The summed E-state index contributed by atoms with van der Waals surface area (Å²) in [5, 5.41) is 11.5. The van der Waals surface area contributed by atoms with Crippen molar-refractivity contribution < 1.29 is 14.7 Å². The molecule has 6 nitrogen and oxygen atoms in total. The first-order valence-electron chi connectivity index (χ1n) is 5.39. The molecule has 1 unspecified atom stereocenters. The first-order chi connectivity index (χ1) is 8.63. The van der Waals surface area contributed by atoms with Gasteiger partial charge in [-0.15, -0.1) is 23.1 Å². The molecule has 1 aromatic heterocycles. The van der Waals surface area contributed by atoms with Crippen LogP contribution in [0.1, 0.15) is 15.5 Å². The minimum absolute atomic E-state index is 0.313. The number of carbonyl (C=O) groups is 2. The Morgan fingerprint density at radius 1 is 1.61 bits per heavy atom. The largest absolute Gasteiger partial charge is 0.480 e. The van der Waals surface area contributed by atoms with Crippen LogP contribution in [-0.2, 0) is 11.2 Å². The molecular weight excluding hydrogens is 274 g/mol. The third kappa shape index (κ3) is 2.65. The molecule has 2 heterocycles. The maximum Gasteiger partial charge on any atom is 0.327 e. The Labute approximate surface area is 112 Å². The molecule has 0 saturated carbocycles. The molecule has 1 amide bonds. The molecule has 1 fully saturated rings. The summed E-state index contributed by atoms with van der Waals surface area (Å²) >= 11 is 2.82. The summed E-state index contributed by atoms with van der Waals surface area (Å²) in [5.41, 5.74) is 5.74. The highest BCUT2D eigenvalue weighted by Gasteiger charge is 2.35. The molecule has 1 aliphatic rings. The van der Waals surface area contributed by atoms with Gasteiger partial charge in [0.15, 0.2) is 0 Å². The smallest absolute Gasteiger partial charge is 0.327 e. The second-order valence-corrected chi connectivity index (χ2v) is 5.74. The van der Waals surface area contributed by atoms with Crippen LogP contribution in [0, 0.1) is 0 Å². The van der Waals surface area contributed by atoms with E-state index in [1.54, 1.807) is 5.38 Å². The molecule has 1 atom stereocenters. The lowest BCUT2D eigenvalue weighted by Gasteiger charge is -2.19. The van der Waals surface area contributed by atoms with Crippen molar-refractivity contribution in [3.8, 4) is 0 Å². The van der Waals surface area contributed by atoms with Gasteiger partial charge in [0.1, 0.15) is 11.7 Å². The minimum Gasteiger partial charge on any atom is -0.480 e. The van der Waals surface area contributed by atoms with Gasteiger partial charge in [0, 0.05) is 17.6 Å². The van der Waals surface area contributed by atoms with Crippen molar-refractivity contribution >= 4 is 35.0 Å². The van der Waals surface area contributed by atoms with Gasteiger partial charge < -0.3 is 15.7 Å². The van der Waals surface area contributed by atoms with Crippen molar-refractivity contribution in [2.45, 2.75) is 12.5 Å². The standard InChI is InChI=1S/C10H13N3O3S2/c11-2-1-8-12-6(3-18-8)9(14)13-5-17-4-7(13)10(15)16/h3,7H,1-2,4-5,11H2,(H,15,16). The van der Waals surface area contributed by atoms with Crippen LogP contribution in [0.25, 0.3) is 0 Å². The van der Waals surface area contributed by atoms with Crippen LogP contribution >= 0.6 is 23.1 Å². The number of hydrogen-bond acceptors (Lipinski definition) is 6. The molecule has 0 aromatic carbocycles. The number of carboxylic acids is 1. The van der Waals surface area contributed by atoms with E-state index in [2.05, 4.69) is 4.98 Å². The van der Waals surface area contributed by atoms with Crippen LogP contribution in [0.2, 0.25) is 0 Å². The van der Waals surface area contributed by atoms with E-state index in [-0.39, 0.29) is 5.91 Å². The van der Waals surface area contributed by atoms with Crippen LogP contribution in [0.5, 0.6) is 0 Å². The van der Waals surface area contributed by atoms with Crippen LogP contribution in [0.15, 0.2) is 5.38 Å². The number of thioether (sulfide) groups is 1. The van der Waals surface area contributed by atoms with Crippen molar-refractivity contribution in [2.24, 2.45) is 5.73 Å². The second kappa shape index (κ2) is 5.68. The monoisotopic (exact) mass is 287 g/mol. The zero-order chi connectivity index (χ0) is 13.1. The van der Waals surface area contributed by atoms with Gasteiger partial charge in [-0.1, -0.05) is 0 Å². The van der Waals surface area contributed by atoms with E-state index in [1.165, 1.54) is 28.0 Å². The number of carboxylic acid groups (broad SMARTS) is 1. The Bertz CT molecular complexity index is 463. The number of hydrogen-bond donors (Lipinski definition) is 2. The molecule has 18 heavy (non-hydrogen) atoms. The summed E-state index contributed by atoms with van der Waals surface area (Å²) in [6.45, 7) is 0.485. The number of carbonyl (C=O) groups excluding carboxylic acids is 1. The molecule has 0 aliphatic carbocycles. The van der Waals surface area contributed by atoms with Crippen molar-refractivity contribution in [2.75, 3.05) is 18.2 Å². The van der Waals surface area contributed by atoms with Crippen molar-refractivity contribution in [1.82, 2.24) is 9.88 Å². The number of amides is 1. The highest BCUT2D eigenvalue weighted by atomic mass is 32.2. The predicted molar refractivity (Wildman–Crippen MR) is 69.8 cm³/mol. The van der Waals surface area contributed by atoms with Gasteiger partial charge >= 0.3 is 5.97 Å². The number of aliphatic carboxylic acids is 1. The fraction of sp³-hybridized carbons (Fsp3) is 0.500. The van der Waals surface area contributed by atoms with Gasteiger partial charge in [0.05, 0.1) is 10.9 Å². The Hall–Kier alpha value is -1.12. The molecule has 0 bridgehead atoms. The van der Waals surface area contributed by atoms with Gasteiger partial charge in [-0.05, 0) is 6.54 Å². The maximum atomic E-state index is 12.1. The summed E-state index contributed by atoms with van der Waals surface area (Å²) < 4.78 is 0. The summed E-state index contributed by atoms with van der Waals surface area (Å²) in [4.78, 5) is 28.7. The van der Waals surface area contributed by atoms with Gasteiger partial charge in [-0.2, -0.15) is 0 Å². The van der Waals surface area contributed by atoms with Crippen LogP contribution < -0.4 is 5.73 Å². The van der Waals surface area contributed by atoms with Gasteiger partial charge in [0.25, 0.3) is 5.91 Å². The molecule has 3 N–H and O–H groups in total. The van der Waals surface area contributed by atoms with Gasteiger partial charge in [0.2, 0.25) is 0 Å². The van der Waals surface area contributed by atoms with E-state index in [1.807, 2.05) is 0 Å². The van der Waals surface area contributed by atoms with Crippen molar-refractivity contribution in [1.29, 1.82) is 0 Å². The predicted octanol–water partition coefficient (Wildman–Crippen LogP) is 0.244. The first-order valence-corrected chi connectivity index (χ1v) is 7.43. The minimum atomic E-state index is -0.967. The van der Waals surface area contributed by atoms with Gasteiger partial charge in [-0.25, -0.2) is 9.78 Å². The van der Waals surface area contributed by atoms with E-state index in [4.69, 9.17) is 10.8 Å². The highest BCUT2D eigenvalue weighted by molar-refractivity contribution is 7.99. The molecule has 8 heteroatoms. The lowest BCUT2D eigenvalue weighted by molar-refractivity contribution is -0.140. The lowest BCUT2D eigenvalue weighted by Crippen LogP contribution is -2.41. The molecule has 0 radical (unpaired) electrons. The van der Waals surface area contributed by atoms with Crippen LogP contribution in [-0.4, -0.2) is 51.1 Å². The zero-order valence-electron chi connectivity index (χ0n) is 9.54. The van der Waals surface area contributed by atoms with E-state index >= 15 is 0 Å². The topological polar surface area (TPSA) is 96.5 Å². The Morgan fingerprint density at radius 3 is 3.06 bits per heavy atom. The van der Waals surface area contributed by atoms with Crippen LogP contribution in [0.3, 0.4) is 0 Å². The molecule has 98 valence electrons. The summed E-state index contributed by atoms with van der Waals surface area (Å²) in [7, 11) is 0. The first kappa shape index (κ1) is 13.3. The zero-order valence-corrected chi connectivity index (χ0v) is 11.2. The molecule has 0 spiro atoms. The number of rotatable bonds is 4. The molecule has 1 saturated heterocycles. The number of thiazole rings is 1. The maximum absolute atomic E-state index is 12.1. The number of nitrogens with zero attached hydrogens (tertiary/aromatic N) is 2. The van der Waals surface area contributed by atoms with Crippen molar-refractivity contribution in [3.05, 3.63) is 16.1 Å². The van der Waals surface area contributed by atoms with E-state index < -0.39 is 12.0 Å². The van der Waals surface area contributed by atoms with Gasteiger partial charge in [-0.3, -0.25) is 4.79 Å². The third-order valence-electron chi connectivity index (χ3n) is 2.56. The van der Waals surface area contributed by atoms with E-state index in [0.29, 0.717) is 30.3 Å². The van der Waals surface area contributed by atoms with E-state index in [9.17, 15) is 9.59 Å². The average Bonchev–Trinajstić information content (AvgIpc) is 2.96. The third-order valence-corrected chi connectivity index (χ3v) is 4.48. The quantitative estimate of drug-likeness (QED) is 0.823. The summed E-state index contributed by atoms with van der Waals surface area (Å²) in [6.07, 6.45) is 0.634. The summed E-state index contributed by atoms with van der Waals surface area (Å²) in [6, 6.07) is -0.748. The molecular formula is C10H13N3O3S2. The Morgan fingerprint density at radius 2 is 2.39 bits per heavy atom. The Balaban J connectivity index is 2.12. The average molecular weight is 287 g/mol. The van der Waals surface area contributed by atoms with E-state index in [0.717, 1.165) is 5.01 Å². The fourth-order valence-electron chi connectivity index (χ4n) is 1.64. The molecule has 1 aliphatic heterocycles. The lowest BCUT2D eigenvalue weighted by atomic mass is 10.3. The normalized spacial score (nSPS) is 19.2. The molecule has 2 rings (SSSR count).